The third-order valence-corrected chi connectivity index (χ3v) is 6.57. The lowest BCUT2D eigenvalue weighted by Crippen LogP contribution is -2.37. The number of nitrogens with zero attached hydrogens (tertiary/aromatic N) is 4. The van der Waals surface area contributed by atoms with Gasteiger partial charge in [0, 0.05) is 36.7 Å². The average Bonchev–Trinajstić information content (AvgIpc) is 3.35. The van der Waals surface area contributed by atoms with Crippen molar-refractivity contribution in [1.29, 1.82) is 0 Å². The molecule has 1 aliphatic rings. The minimum atomic E-state index is 0.495. The summed E-state index contributed by atoms with van der Waals surface area (Å²) in [4.78, 5) is 17.8. The molecule has 0 bridgehead atoms. The van der Waals surface area contributed by atoms with Crippen LogP contribution in [0.25, 0.3) is 10.6 Å². The van der Waals surface area contributed by atoms with E-state index in [0.29, 0.717) is 17.7 Å². The molecule has 0 amide bonds. The molecule has 0 N–H and O–H groups in total. The molecule has 4 heterocycles. The van der Waals surface area contributed by atoms with E-state index in [9.17, 15) is 0 Å². The highest BCUT2D eigenvalue weighted by molar-refractivity contribution is 7.16. The number of aromatic nitrogens is 3. The molecule has 4 rings (SSSR count). The van der Waals surface area contributed by atoms with Gasteiger partial charge in [-0.1, -0.05) is 18.5 Å². The fourth-order valence-corrected chi connectivity index (χ4v) is 4.92. The number of ether oxygens (including phenoxy) is 2. The van der Waals surface area contributed by atoms with Gasteiger partial charge >= 0.3 is 0 Å². The van der Waals surface area contributed by atoms with E-state index >= 15 is 0 Å². The van der Waals surface area contributed by atoms with Crippen molar-refractivity contribution in [3.63, 3.8) is 0 Å². The van der Waals surface area contributed by atoms with Crippen molar-refractivity contribution in [2.24, 2.45) is 0 Å². The van der Waals surface area contributed by atoms with Crippen LogP contribution in [0.5, 0.6) is 0 Å². The van der Waals surface area contributed by atoms with Crippen LogP contribution in [0.1, 0.15) is 22.4 Å². The molecule has 0 unspecified atom stereocenters. The molecule has 0 atom stereocenters. The third kappa shape index (κ3) is 4.69. The highest BCUT2D eigenvalue weighted by Crippen LogP contribution is 2.34. The van der Waals surface area contributed by atoms with Crippen LogP contribution < -0.4 is 4.90 Å². The lowest BCUT2D eigenvalue weighted by Gasteiger charge is -2.27. The smallest absolute Gasteiger partial charge is 0.183 e. The molecular formula is C19H21ClN4O2S2. The van der Waals surface area contributed by atoms with Gasteiger partial charge in [-0.05, 0) is 18.6 Å². The molecule has 1 saturated heterocycles. The van der Waals surface area contributed by atoms with Gasteiger partial charge in [-0.15, -0.1) is 22.7 Å². The first-order chi connectivity index (χ1) is 13.7. The zero-order valence-corrected chi connectivity index (χ0v) is 17.9. The van der Waals surface area contributed by atoms with Crippen molar-refractivity contribution in [2.75, 3.05) is 31.2 Å². The molecule has 3 aromatic heterocycles. The summed E-state index contributed by atoms with van der Waals surface area (Å²) in [5.74, 6) is 1.00. The first-order valence-corrected chi connectivity index (χ1v) is 11.2. The summed E-state index contributed by atoms with van der Waals surface area (Å²) in [6.45, 7) is 6.25. The van der Waals surface area contributed by atoms with Gasteiger partial charge in [0.05, 0.1) is 36.2 Å². The van der Waals surface area contributed by atoms with Gasteiger partial charge < -0.3 is 14.4 Å². The highest BCUT2D eigenvalue weighted by atomic mass is 35.5. The minimum Gasteiger partial charge on any atom is -0.378 e. The average molecular weight is 437 g/mol. The van der Waals surface area contributed by atoms with Crippen molar-refractivity contribution in [2.45, 2.75) is 26.6 Å². The molecule has 148 valence electrons. The van der Waals surface area contributed by atoms with Crippen molar-refractivity contribution < 1.29 is 9.47 Å². The Kier molecular flexibility index (Phi) is 6.54. The van der Waals surface area contributed by atoms with E-state index < -0.39 is 0 Å². The van der Waals surface area contributed by atoms with Gasteiger partial charge in [0.15, 0.2) is 4.47 Å². The Hall–Kier alpha value is -1.58. The first-order valence-electron chi connectivity index (χ1n) is 9.18. The summed E-state index contributed by atoms with van der Waals surface area (Å²) < 4.78 is 12.0. The Balaban J connectivity index is 1.56. The largest absolute Gasteiger partial charge is 0.378 e. The number of rotatable bonds is 7. The van der Waals surface area contributed by atoms with Gasteiger partial charge in [-0.25, -0.2) is 9.97 Å². The van der Waals surface area contributed by atoms with Crippen LogP contribution >= 0.6 is 34.3 Å². The van der Waals surface area contributed by atoms with Crippen LogP contribution in [0.3, 0.4) is 0 Å². The zero-order valence-electron chi connectivity index (χ0n) is 15.6. The molecule has 0 radical (unpaired) electrons. The fraction of sp³-hybridized carbons (Fsp3) is 0.421. The van der Waals surface area contributed by atoms with Crippen molar-refractivity contribution in [1.82, 2.24) is 15.0 Å². The highest BCUT2D eigenvalue weighted by Gasteiger charge is 2.21. The van der Waals surface area contributed by atoms with Crippen molar-refractivity contribution >= 4 is 40.1 Å². The van der Waals surface area contributed by atoms with Crippen molar-refractivity contribution in [3.05, 3.63) is 44.4 Å². The Bertz CT molecular complexity index is 924. The maximum Gasteiger partial charge on any atom is 0.183 e. The predicted octanol–water partition coefficient (Wildman–Crippen LogP) is 4.43. The molecule has 3 aromatic rings. The second kappa shape index (κ2) is 9.28. The monoisotopic (exact) mass is 436 g/mol. The summed E-state index contributed by atoms with van der Waals surface area (Å²) >= 11 is 9.02. The van der Waals surface area contributed by atoms with E-state index in [-0.39, 0.29) is 0 Å². The number of halogens is 1. The summed E-state index contributed by atoms with van der Waals surface area (Å²) in [7, 11) is 0. The summed E-state index contributed by atoms with van der Waals surface area (Å²) in [5.41, 5.74) is 2.17. The molecule has 1 fully saturated rings. The van der Waals surface area contributed by atoms with Gasteiger partial charge in [0.2, 0.25) is 0 Å². The number of pyridine rings is 1. The summed E-state index contributed by atoms with van der Waals surface area (Å²) in [6, 6.07) is 4.14. The second-order valence-electron chi connectivity index (χ2n) is 6.33. The standard InChI is InChI=1S/C19H21ClN4O2S2/c1-2-14-9-13(3-4-21-14)18-23-17(24-5-7-25-8-6-24)16(28-18)12-26-11-15-10-22-19(20)27-15/h3-4,9-10H,2,5-8,11-12H2,1H3. The van der Waals surface area contributed by atoms with Crippen LogP contribution in [0.2, 0.25) is 4.47 Å². The Labute approximate surface area is 177 Å². The maximum absolute atomic E-state index is 5.96. The lowest BCUT2D eigenvalue weighted by molar-refractivity contribution is 0.109. The Morgan fingerprint density at radius 2 is 2.07 bits per heavy atom. The predicted molar refractivity (Wildman–Crippen MR) is 113 cm³/mol. The minimum absolute atomic E-state index is 0.495. The molecule has 0 saturated carbocycles. The normalized spacial score (nSPS) is 14.6. The molecule has 0 spiro atoms. The summed E-state index contributed by atoms with van der Waals surface area (Å²) in [6.07, 6.45) is 4.52. The van der Waals surface area contributed by atoms with Crippen LogP contribution in [0.4, 0.5) is 5.82 Å². The molecule has 0 aliphatic carbocycles. The van der Waals surface area contributed by atoms with Crippen LogP contribution in [0, 0.1) is 0 Å². The number of morpholine rings is 1. The fourth-order valence-electron chi connectivity index (χ4n) is 2.98. The van der Waals surface area contributed by atoms with Gasteiger partial charge in [-0.3, -0.25) is 4.98 Å². The molecule has 9 heteroatoms. The molecule has 1 aliphatic heterocycles. The van der Waals surface area contributed by atoms with Gasteiger partial charge in [-0.2, -0.15) is 0 Å². The SMILES string of the molecule is CCc1cc(-c2nc(N3CCOCC3)c(COCc3cnc(Cl)s3)s2)ccn1. The summed E-state index contributed by atoms with van der Waals surface area (Å²) in [5, 5.41) is 0.998. The number of aryl methyl sites for hydroxylation is 1. The maximum atomic E-state index is 5.96. The number of anilines is 1. The first kappa shape index (κ1) is 19.7. The van der Waals surface area contributed by atoms with E-state index in [1.54, 1.807) is 17.5 Å². The van der Waals surface area contributed by atoms with Crippen LogP contribution in [0.15, 0.2) is 24.5 Å². The van der Waals surface area contributed by atoms with Crippen LogP contribution in [-0.2, 0) is 29.1 Å². The van der Waals surface area contributed by atoms with Gasteiger partial charge in [0.25, 0.3) is 0 Å². The van der Waals surface area contributed by atoms with E-state index in [1.807, 2.05) is 12.3 Å². The quantitative estimate of drug-likeness (QED) is 0.546. The van der Waals surface area contributed by atoms with E-state index in [4.69, 9.17) is 26.1 Å². The molecule has 28 heavy (non-hydrogen) atoms. The molecular weight excluding hydrogens is 416 g/mol. The number of thiazole rings is 2. The van der Waals surface area contributed by atoms with Crippen molar-refractivity contribution in [3.8, 4) is 10.6 Å². The van der Waals surface area contributed by atoms with E-state index in [2.05, 4.69) is 27.9 Å². The lowest BCUT2D eigenvalue weighted by atomic mass is 10.2. The molecule has 6 nitrogen and oxygen atoms in total. The van der Waals surface area contributed by atoms with Crippen LogP contribution in [-0.4, -0.2) is 41.3 Å². The Morgan fingerprint density at radius 1 is 1.21 bits per heavy atom. The third-order valence-electron chi connectivity index (χ3n) is 4.42. The molecule has 0 aromatic carbocycles. The van der Waals surface area contributed by atoms with Gasteiger partial charge in [0.1, 0.15) is 10.8 Å². The Morgan fingerprint density at radius 3 is 2.82 bits per heavy atom. The van der Waals surface area contributed by atoms with E-state index in [0.717, 1.165) is 64.6 Å². The zero-order chi connectivity index (χ0) is 19.3. The number of hydrogen-bond donors (Lipinski definition) is 0. The number of hydrogen-bond acceptors (Lipinski definition) is 8. The second-order valence-corrected chi connectivity index (χ2v) is 9.11. The topological polar surface area (TPSA) is 60.4 Å². The van der Waals surface area contributed by atoms with E-state index in [1.165, 1.54) is 11.3 Å².